The maximum Gasteiger partial charge on any atom is 0.191 e. The second-order valence-electron chi connectivity index (χ2n) is 5.98. The molecule has 0 fully saturated rings. The molecule has 0 unspecified atom stereocenters. The number of hydrogen-bond acceptors (Lipinski definition) is 4. The van der Waals surface area contributed by atoms with Crippen molar-refractivity contribution in [2.75, 3.05) is 46.6 Å². The molecule has 0 atom stereocenters. The number of hydrogen-bond donors (Lipinski definition) is 2. The SMILES string of the molecule is CCCCOCCNC(=NC)NCc1ccc(C)cc1OCCOCC.I. The molecule has 1 aromatic carbocycles. The van der Waals surface area contributed by atoms with Gasteiger partial charge in [-0.3, -0.25) is 4.99 Å². The summed E-state index contributed by atoms with van der Waals surface area (Å²) in [4.78, 5) is 4.25. The van der Waals surface area contributed by atoms with Crippen LogP contribution in [0.5, 0.6) is 5.75 Å². The summed E-state index contributed by atoms with van der Waals surface area (Å²) in [6.45, 7) is 10.9. The van der Waals surface area contributed by atoms with Gasteiger partial charge in [-0.2, -0.15) is 0 Å². The van der Waals surface area contributed by atoms with Crippen LogP contribution in [0, 0.1) is 6.92 Å². The number of nitrogens with one attached hydrogen (secondary N) is 2. The van der Waals surface area contributed by atoms with E-state index in [2.05, 4.69) is 47.7 Å². The van der Waals surface area contributed by atoms with Crippen molar-refractivity contribution in [1.29, 1.82) is 0 Å². The second-order valence-corrected chi connectivity index (χ2v) is 5.98. The van der Waals surface area contributed by atoms with E-state index >= 15 is 0 Å². The van der Waals surface area contributed by atoms with Crippen molar-refractivity contribution >= 4 is 29.9 Å². The van der Waals surface area contributed by atoms with E-state index in [-0.39, 0.29) is 24.0 Å². The molecule has 0 saturated heterocycles. The van der Waals surface area contributed by atoms with Gasteiger partial charge in [-0.05, 0) is 31.9 Å². The fourth-order valence-electron chi connectivity index (χ4n) is 2.29. The number of ether oxygens (including phenoxy) is 3. The van der Waals surface area contributed by atoms with Crippen LogP contribution in [0.15, 0.2) is 23.2 Å². The van der Waals surface area contributed by atoms with Crippen molar-refractivity contribution in [3.05, 3.63) is 29.3 Å². The topological polar surface area (TPSA) is 64.1 Å². The van der Waals surface area contributed by atoms with Crippen molar-refractivity contribution in [1.82, 2.24) is 10.6 Å². The van der Waals surface area contributed by atoms with E-state index in [4.69, 9.17) is 14.2 Å². The van der Waals surface area contributed by atoms with Crippen LogP contribution >= 0.6 is 24.0 Å². The van der Waals surface area contributed by atoms with Gasteiger partial charge in [-0.1, -0.05) is 25.5 Å². The number of nitrogens with zero attached hydrogens (tertiary/aromatic N) is 1. The van der Waals surface area contributed by atoms with Crippen LogP contribution in [0.3, 0.4) is 0 Å². The van der Waals surface area contributed by atoms with E-state index in [0.717, 1.165) is 43.3 Å². The number of aliphatic imine (C=N–C) groups is 1. The molecule has 7 heteroatoms. The lowest BCUT2D eigenvalue weighted by Gasteiger charge is -2.15. The van der Waals surface area contributed by atoms with Gasteiger partial charge in [0, 0.05) is 38.9 Å². The zero-order valence-electron chi connectivity index (χ0n) is 17.2. The zero-order valence-corrected chi connectivity index (χ0v) is 19.5. The Labute approximate surface area is 181 Å². The number of halogens is 1. The van der Waals surface area contributed by atoms with Gasteiger partial charge in [0.1, 0.15) is 12.4 Å². The molecule has 2 N–H and O–H groups in total. The molecule has 0 amide bonds. The minimum atomic E-state index is 0. The van der Waals surface area contributed by atoms with E-state index in [1.165, 1.54) is 5.56 Å². The van der Waals surface area contributed by atoms with Crippen molar-refractivity contribution in [3.63, 3.8) is 0 Å². The lowest BCUT2D eigenvalue weighted by Crippen LogP contribution is -2.38. The minimum absolute atomic E-state index is 0. The third-order valence-electron chi connectivity index (χ3n) is 3.76. The largest absolute Gasteiger partial charge is 0.491 e. The first-order chi connectivity index (χ1) is 12.7. The van der Waals surface area contributed by atoms with E-state index < -0.39 is 0 Å². The van der Waals surface area contributed by atoms with E-state index in [0.29, 0.717) is 33.0 Å². The molecular formula is C20H36IN3O3. The zero-order chi connectivity index (χ0) is 19.0. The van der Waals surface area contributed by atoms with Crippen molar-refractivity contribution < 1.29 is 14.2 Å². The Morgan fingerprint density at radius 2 is 1.85 bits per heavy atom. The summed E-state index contributed by atoms with van der Waals surface area (Å²) in [6.07, 6.45) is 2.26. The molecule has 0 saturated carbocycles. The first-order valence-corrected chi connectivity index (χ1v) is 9.53. The predicted molar refractivity (Wildman–Crippen MR) is 123 cm³/mol. The molecule has 0 aliphatic rings. The molecule has 1 aromatic rings. The maximum atomic E-state index is 5.88. The Kier molecular flexibility index (Phi) is 16.4. The van der Waals surface area contributed by atoms with Crippen molar-refractivity contribution in [2.24, 2.45) is 4.99 Å². The fourth-order valence-corrected chi connectivity index (χ4v) is 2.29. The van der Waals surface area contributed by atoms with Crippen molar-refractivity contribution in [2.45, 2.75) is 40.2 Å². The summed E-state index contributed by atoms with van der Waals surface area (Å²) < 4.78 is 16.8. The van der Waals surface area contributed by atoms with E-state index in [9.17, 15) is 0 Å². The molecule has 0 aliphatic carbocycles. The lowest BCUT2D eigenvalue weighted by molar-refractivity contribution is 0.110. The molecule has 0 aliphatic heterocycles. The number of benzene rings is 1. The third-order valence-corrected chi connectivity index (χ3v) is 3.76. The molecule has 0 radical (unpaired) electrons. The maximum absolute atomic E-state index is 5.88. The molecular weight excluding hydrogens is 457 g/mol. The number of aryl methyl sites for hydroxylation is 1. The lowest BCUT2D eigenvalue weighted by atomic mass is 10.1. The molecule has 0 aromatic heterocycles. The molecule has 6 nitrogen and oxygen atoms in total. The van der Waals surface area contributed by atoms with Crippen LogP contribution < -0.4 is 15.4 Å². The first-order valence-electron chi connectivity index (χ1n) is 9.53. The van der Waals surface area contributed by atoms with Gasteiger partial charge in [0.25, 0.3) is 0 Å². The highest BCUT2D eigenvalue weighted by Crippen LogP contribution is 2.20. The molecule has 0 bridgehead atoms. The molecule has 27 heavy (non-hydrogen) atoms. The summed E-state index contributed by atoms with van der Waals surface area (Å²) in [5, 5.41) is 6.58. The molecule has 0 heterocycles. The van der Waals surface area contributed by atoms with Gasteiger partial charge in [-0.25, -0.2) is 0 Å². The smallest absolute Gasteiger partial charge is 0.191 e. The van der Waals surface area contributed by atoms with E-state index in [1.807, 2.05) is 6.92 Å². The van der Waals surface area contributed by atoms with Crippen LogP contribution in [-0.2, 0) is 16.0 Å². The minimum Gasteiger partial charge on any atom is -0.491 e. The molecule has 0 spiro atoms. The van der Waals surface area contributed by atoms with Gasteiger partial charge in [0.15, 0.2) is 5.96 Å². The summed E-state index contributed by atoms with van der Waals surface area (Å²) in [5.41, 5.74) is 2.26. The Morgan fingerprint density at radius 1 is 1.04 bits per heavy atom. The summed E-state index contributed by atoms with van der Waals surface area (Å²) in [6, 6.07) is 6.23. The van der Waals surface area contributed by atoms with Crippen LogP contribution in [0.2, 0.25) is 0 Å². The van der Waals surface area contributed by atoms with Gasteiger partial charge < -0.3 is 24.8 Å². The van der Waals surface area contributed by atoms with Crippen LogP contribution in [0.4, 0.5) is 0 Å². The van der Waals surface area contributed by atoms with Crippen LogP contribution in [0.25, 0.3) is 0 Å². The predicted octanol–water partition coefficient (Wildman–Crippen LogP) is 3.51. The van der Waals surface area contributed by atoms with Gasteiger partial charge >= 0.3 is 0 Å². The third kappa shape index (κ3) is 12.1. The van der Waals surface area contributed by atoms with Gasteiger partial charge in [-0.15, -0.1) is 24.0 Å². The van der Waals surface area contributed by atoms with Gasteiger partial charge in [0.05, 0.1) is 13.2 Å². The Balaban J connectivity index is 0.00000676. The van der Waals surface area contributed by atoms with E-state index in [1.54, 1.807) is 7.05 Å². The Hall–Kier alpha value is -1.06. The Morgan fingerprint density at radius 3 is 2.56 bits per heavy atom. The van der Waals surface area contributed by atoms with Crippen molar-refractivity contribution in [3.8, 4) is 5.75 Å². The number of rotatable bonds is 13. The normalized spacial score (nSPS) is 11.0. The standard InChI is InChI=1S/C20H35N3O3.HI/c1-5-7-11-25-12-10-22-20(21-4)23-16-18-9-8-17(3)15-19(18)26-14-13-24-6-2;/h8-9,15H,5-7,10-14,16H2,1-4H3,(H2,21,22,23);1H. The quantitative estimate of drug-likeness (QED) is 0.191. The molecule has 1 rings (SSSR count). The molecule has 156 valence electrons. The Bertz CT molecular complexity index is 527. The number of guanidine groups is 1. The van der Waals surface area contributed by atoms with Crippen LogP contribution in [0.1, 0.15) is 37.8 Å². The van der Waals surface area contributed by atoms with Crippen LogP contribution in [-0.4, -0.2) is 52.6 Å². The fraction of sp³-hybridized carbons (Fsp3) is 0.650. The highest BCUT2D eigenvalue weighted by Gasteiger charge is 2.06. The summed E-state index contributed by atoms with van der Waals surface area (Å²) in [5.74, 6) is 1.64. The summed E-state index contributed by atoms with van der Waals surface area (Å²) >= 11 is 0. The van der Waals surface area contributed by atoms with Gasteiger partial charge in [0.2, 0.25) is 0 Å². The average Bonchev–Trinajstić information content (AvgIpc) is 2.65. The first kappa shape index (κ1) is 25.9. The highest BCUT2D eigenvalue weighted by molar-refractivity contribution is 14.0. The highest BCUT2D eigenvalue weighted by atomic mass is 127. The summed E-state index contributed by atoms with van der Waals surface area (Å²) in [7, 11) is 1.77. The second kappa shape index (κ2) is 17.1. The average molecular weight is 493 g/mol. The monoisotopic (exact) mass is 493 g/mol. The number of unbranched alkanes of at least 4 members (excludes halogenated alkanes) is 1.